The predicted molar refractivity (Wildman–Crippen MR) is 92.1 cm³/mol. The number of hydrogen-bond acceptors (Lipinski definition) is 3. The van der Waals surface area contributed by atoms with Crippen LogP contribution in [0.5, 0.6) is 11.5 Å². The zero-order valence-electron chi connectivity index (χ0n) is 14.6. The fraction of sp³-hybridized carbons (Fsp3) is 0.600. The fourth-order valence-electron chi connectivity index (χ4n) is 4.00. The van der Waals surface area contributed by atoms with Crippen LogP contribution in [0.25, 0.3) is 0 Å². The van der Waals surface area contributed by atoms with Crippen LogP contribution in [0.2, 0.25) is 0 Å². The summed E-state index contributed by atoms with van der Waals surface area (Å²) in [6, 6.07) is 3.89. The molecular formula is C20H28O3. The second-order valence-corrected chi connectivity index (χ2v) is 7.66. The minimum absolute atomic E-state index is 0.213. The first-order chi connectivity index (χ1) is 10.8. The van der Waals surface area contributed by atoms with Gasteiger partial charge in [0.2, 0.25) is 0 Å². The number of phenolic OH excluding ortho intramolecular Hbond substituents is 1. The van der Waals surface area contributed by atoms with Crippen molar-refractivity contribution in [1.29, 1.82) is 0 Å². The van der Waals surface area contributed by atoms with Crippen LogP contribution in [0.4, 0.5) is 0 Å². The summed E-state index contributed by atoms with van der Waals surface area (Å²) < 4.78 is 6.19. The average molecular weight is 316 g/mol. The molecule has 0 saturated heterocycles. The normalized spacial score (nSPS) is 28.4. The van der Waals surface area contributed by atoms with Crippen molar-refractivity contribution in [3.05, 3.63) is 34.9 Å². The van der Waals surface area contributed by atoms with Gasteiger partial charge in [-0.05, 0) is 64.2 Å². The van der Waals surface area contributed by atoms with Crippen LogP contribution in [-0.2, 0) is 6.42 Å². The van der Waals surface area contributed by atoms with Crippen molar-refractivity contribution in [3.63, 3.8) is 0 Å². The molecule has 2 N–H and O–H groups in total. The van der Waals surface area contributed by atoms with E-state index < -0.39 is 11.2 Å². The molecule has 1 aliphatic carbocycles. The molecule has 1 aromatic rings. The molecule has 1 heterocycles. The molecule has 1 aromatic carbocycles. The van der Waals surface area contributed by atoms with Crippen molar-refractivity contribution in [1.82, 2.24) is 0 Å². The molecule has 3 heteroatoms. The molecule has 2 atom stereocenters. The molecule has 3 nitrogen and oxygen atoms in total. The third-order valence-corrected chi connectivity index (χ3v) is 5.58. The number of aromatic hydroxyl groups is 1. The van der Waals surface area contributed by atoms with Crippen LogP contribution in [0, 0.1) is 0 Å². The lowest BCUT2D eigenvalue weighted by Gasteiger charge is -2.52. The summed E-state index contributed by atoms with van der Waals surface area (Å²) >= 11 is 0. The number of aliphatic hydroxyl groups is 1. The Morgan fingerprint density at radius 2 is 2.04 bits per heavy atom. The Morgan fingerprint density at radius 3 is 2.74 bits per heavy atom. The van der Waals surface area contributed by atoms with E-state index in [-0.39, 0.29) is 11.7 Å². The molecule has 126 valence electrons. The highest BCUT2D eigenvalue weighted by Gasteiger charge is 2.56. The zero-order chi connectivity index (χ0) is 16.8. The largest absolute Gasteiger partial charge is 0.507 e. The first kappa shape index (κ1) is 16.4. The summed E-state index contributed by atoms with van der Waals surface area (Å²) in [7, 11) is 0. The molecule has 0 amide bonds. The Kier molecular flexibility index (Phi) is 3.96. The van der Waals surface area contributed by atoms with Gasteiger partial charge >= 0.3 is 0 Å². The van der Waals surface area contributed by atoms with Crippen LogP contribution in [-0.4, -0.2) is 21.4 Å². The highest BCUT2D eigenvalue weighted by Crippen LogP contribution is 2.55. The van der Waals surface area contributed by atoms with E-state index in [0.29, 0.717) is 6.42 Å². The molecule has 0 aromatic heterocycles. The minimum atomic E-state index is -0.984. The van der Waals surface area contributed by atoms with Crippen molar-refractivity contribution in [3.8, 4) is 11.5 Å². The molecule has 1 unspecified atom stereocenters. The summed E-state index contributed by atoms with van der Waals surface area (Å²) in [4.78, 5) is 0. The standard InChI is InChI=1S/C20H28O3/c1-5-6-7-14-11-16(21)18-15-10-13(2)8-9-20(15,22)19(3,4)23-17(18)12-14/h10-12,15,21-22H,5-9H2,1-4H3/t15?,20-/m0/s1. The smallest absolute Gasteiger partial charge is 0.133 e. The summed E-state index contributed by atoms with van der Waals surface area (Å²) in [5, 5.41) is 22.0. The van der Waals surface area contributed by atoms with Crippen LogP contribution < -0.4 is 4.74 Å². The zero-order valence-corrected chi connectivity index (χ0v) is 14.6. The van der Waals surface area contributed by atoms with Gasteiger partial charge in [-0.15, -0.1) is 0 Å². The molecule has 23 heavy (non-hydrogen) atoms. The van der Waals surface area contributed by atoms with E-state index >= 15 is 0 Å². The lowest BCUT2D eigenvalue weighted by atomic mass is 9.64. The number of hydrogen-bond donors (Lipinski definition) is 2. The van der Waals surface area contributed by atoms with Crippen LogP contribution in [0.15, 0.2) is 23.8 Å². The van der Waals surface area contributed by atoms with Crippen molar-refractivity contribution in [2.45, 2.75) is 76.9 Å². The van der Waals surface area contributed by atoms with Gasteiger partial charge in [0.25, 0.3) is 0 Å². The maximum absolute atomic E-state index is 11.3. The van der Waals surface area contributed by atoms with E-state index in [2.05, 4.69) is 19.9 Å². The molecular weight excluding hydrogens is 288 g/mol. The molecule has 1 aliphatic heterocycles. The highest BCUT2D eigenvalue weighted by molar-refractivity contribution is 5.55. The van der Waals surface area contributed by atoms with Gasteiger partial charge in [-0.3, -0.25) is 0 Å². The van der Waals surface area contributed by atoms with E-state index in [1.165, 1.54) is 5.57 Å². The Hall–Kier alpha value is -1.48. The van der Waals surface area contributed by atoms with Crippen molar-refractivity contribution in [2.75, 3.05) is 0 Å². The Labute approximate surface area is 139 Å². The molecule has 0 spiro atoms. The van der Waals surface area contributed by atoms with E-state index in [4.69, 9.17) is 4.74 Å². The number of fused-ring (bicyclic) bond motifs is 3. The number of phenols is 1. The number of unbranched alkanes of at least 4 members (excludes halogenated alkanes) is 1. The molecule has 2 aliphatic rings. The van der Waals surface area contributed by atoms with E-state index in [0.717, 1.165) is 42.6 Å². The fourth-order valence-corrected chi connectivity index (χ4v) is 4.00. The van der Waals surface area contributed by atoms with Crippen molar-refractivity contribution < 1.29 is 14.9 Å². The predicted octanol–water partition coefficient (Wildman–Crippen LogP) is 4.46. The summed E-state index contributed by atoms with van der Waals surface area (Å²) in [5.41, 5.74) is 1.43. The Morgan fingerprint density at radius 1 is 1.30 bits per heavy atom. The first-order valence-electron chi connectivity index (χ1n) is 8.73. The molecule has 0 radical (unpaired) electrons. The molecule has 0 saturated carbocycles. The second kappa shape index (κ2) is 5.55. The van der Waals surface area contributed by atoms with Gasteiger partial charge in [0, 0.05) is 11.5 Å². The number of ether oxygens (including phenoxy) is 1. The number of allylic oxidation sites excluding steroid dienone is 1. The minimum Gasteiger partial charge on any atom is -0.507 e. The van der Waals surface area contributed by atoms with Crippen LogP contribution in [0.1, 0.15) is 70.4 Å². The van der Waals surface area contributed by atoms with Gasteiger partial charge in [0.05, 0.1) is 0 Å². The summed E-state index contributed by atoms with van der Waals surface area (Å²) in [6.45, 7) is 8.16. The monoisotopic (exact) mass is 316 g/mol. The molecule has 0 bridgehead atoms. The average Bonchev–Trinajstić information content (AvgIpc) is 2.46. The Balaban J connectivity index is 2.13. The second-order valence-electron chi connectivity index (χ2n) is 7.66. The van der Waals surface area contributed by atoms with Crippen molar-refractivity contribution >= 4 is 0 Å². The van der Waals surface area contributed by atoms with Crippen LogP contribution in [0.3, 0.4) is 0 Å². The maximum atomic E-state index is 11.3. The molecule has 0 fully saturated rings. The molecule has 3 rings (SSSR count). The lowest BCUT2D eigenvalue weighted by molar-refractivity contribution is -0.144. The lowest BCUT2D eigenvalue weighted by Crippen LogP contribution is -2.60. The summed E-state index contributed by atoms with van der Waals surface area (Å²) in [5.74, 6) is 0.760. The van der Waals surface area contributed by atoms with E-state index in [1.54, 1.807) is 0 Å². The number of aryl methyl sites for hydroxylation is 1. The van der Waals surface area contributed by atoms with Gasteiger partial charge in [-0.2, -0.15) is 0 Å². The third-order valence-electron chi connectivity index (χ3n) is 5.58. The van der Waals surface area contributed by atoms with E-state index in [1.807, 2.05) is 26.0 Å². The Bertz CT molecular complexity index is 645. The van der Waals surface area contributed by atoms with Gasteiger partial charge in [0.1, 0.15) is 22.7 Å². The number of benzene rings is 1. The van der Waals surface area contributed by atoms with Crippen molar-refractivity contribution in [2.24, 2.45) is 0 Å². The third kappa shape index (κ3) is 2.55. The quantitative estimate of drug-likeness (QED) is 0.809. The highest BCUT2D eigenvalue weighted by atomic mass is 16.5. The topological polar surface area (TPSA) is 49.7 Å². The van der Waals surface area contributed by atoms with Gasteiger partial charge in [-0.25, -0.2) is 0 Å². The summed E-state index contributed by atoms with van der Waals surface area (Å²) in [6.07, 6.45) is 6.78. The van der Waals surface area contributed by atoms with E-state index in [9.17, 15) is 10.2 Å². The SMILES string of the molecule is CCCCc1cc(O)c2c(c1)OC(C)(C)[C@]1(O)CCC(C)=CC21. The number of rotatable bonds is 3. The van der Waals surface area contributed by atoms with Crippen LogP contribution >= 0.6 is 0 Å². The first-order valence-corrected chi connectivity index (χ1v) is 8.73. The van der Waals surface area contributed by atoms with Gasteiger partial charge in [0.15, 0.2) is 0 Å². The van der Waals surface area contributed by atoms with Gasteiger partial charge in [-0.1, -0.05) is 25.0 Å². The van der Waals surface area contributed by atoms with Gasteiger partial charge < -0.3 is 14.9 Å². The maximum Gasteiger partial charge on any atom is 0.133 e.